The lowest BCUT2D eigenvalue weighted by Crippen LogP contribution is -2.56. The van der Waals surface area contributed by atoms with Crippen molar-refractivity contribution in [2.24, 2.45) is 4.99 Å². The van der Waals surface area contributed by atoms with Crippen molar-refractivity contribution in [1.82, 2.24) is 20.4 Å². The van der Waals surface area contributed by atoms with E-state index in [1.54, 1.807) is 0 Å². The summed E-state index contributed by atoms with van der Waals surface area (Å²) in [5.41, 5.74) is -0.0348. The molecule has 0 aromatic rings. The van der Waals surface area contributed by atoms with Gasteiger partial charge in [-0.25, -0.2) is 0 Å². The maximum Gasteiger partial charge on any atom is 0.234 e. The lowest BCUT2D eigenvalue weighted by Gasteiger charge is -2.40. The molecule has 0 unspecified atom stereocenters. The number of hydrogen-bond donors (Lipinski definition) is 2. The van der Waals surface area contributed by atoms with Gasteiger partial charge in [0.1, 0.15) is 0 Å². The molecule has 0 radical (unpaired) electrons. The zero-order valence-corrected chi connectivity index (χ0v) is 20.6. The molecule has 7 nitrogen and oxygen atoms in total. The molecule has 0 aromatic heterocycles. The summed E-state index contributed by atoms with van der Waals surface area (Å²) in [7, 11) is 1.86. The number of nitrogens with zero attached hydrogens (tertiary/aromatic N) is 3. The number of amides is 1. The molecule has 29 heavy (non-hydrogen) atoms. The average molecular weight is 521 g/mol. The Kier molecular flexibility index (Phi) is 10.5. The molecule has 2 N–H and O–H groups in total. The molecule has 3 fully saturated rings. The van der Waals surface area contributed by atoms with Gasteiger partial charge in [0.05, 0.1) is 12.1 Å². The number of piperazine rings is 1. The molecule has 168 valence electrons. The van der Waals surface area contributed by atoms with Crippen molar-refractivity contribution in [3.8, 4) is 0 Å². The van der Waals surface area contributed by atoms with Crippen LogP contribution in [0.3, 0.4) is 0 Å². The Morgan fingerprint density at radius 1 is 1.14 bits per heavy atom. The van der Waals surface area contributed by atoms with Gasteiger partial charge in [-0.1, -0.05) is 26.2 Å². The van der Waals surface area contributed by atoms with Crippen LogP contribution in [0.2, 0.25) is 0 Å². The summed E-state index contributed by atoms with van der Waals surface area (Å²) >= 11 is 0. The second-order valence-corrected chi connectivity index (χ2v) is 8.60. The van der Waals surface area contributed by atoms with Crippen LogP contribution in [-0.2, 0) is 9.53 Å². The third-order valence-corrected chi connectivity index (χ3v) is 6.14. The zero-order valence-electron chi connectivity index (χ0n) is 18.3. The summed E-state index contributed by atoms with van der Waals surface area (Å²) in [6.07, 6.45) is 9.46. The molecular formula is C21H40IN5O2. The third-order valence-electron chi connectivity index (χ3n) is 6.14. The third kappa shape index (κ3) is 7.86. The summed E-state index contributed by atoms with van der Waals surface area (Å²) < 4.78 is 6.31. The Bertz CT molecular complexity index is 527. The van der Waals surface area contributed by atoms with Crippen molar-refractivity contribution in [2.45, 2.75) is 69.9 Å². The topological polar surface area (TPSA) is 69.2 Å². The van der Waals surface area contributed by atoms with E-state index < -0.39 is 0 Å². The number of guanidine groups is 1. The molecule has 0 spiro atoms. The fraction of sp³-hybridized carbons (Fsp3) is 0.905. The van der Waals surface area contributed by atoms with Crippen molar-refractivity contribution in [2.75, 3.05) is 52.9 Å². The lowest BCUT2D eigenvalue weighted by molar-refractivity contribution is -0.122. The van der Waals surface area contributed by atoms with E-state index in [0.29, 0.717) is 12.6 Å². The first-order valence-corrected chi connectivity index (χ1v) is 11.3. The molecular weight excluding hydrogens is 481 g/mol. The molecule has 1 heterocycles. The van der Waals surface area contributed by atoms with E-state index in [9.17, 15) is 4.79 Å². The Labute approximate surface area is 193 Å². The van der Waals surface area contributed by atoms with Gasteiger partial charge in [-0.15, -0.1) is 24.0 Å². The Morgan fingerprint density at radius 3 is 2.41 bits per heavy atom. The number of aliphatic imine (C=N–C) groups is 1. The van der Waals surface area contributed by atoms with Crippen molar-refractivity contribution >= 4 is 35.8 Å². The summed E-state index contributed by atoms with van der Waals surface area (Å²) in [6, 6.07) is 0.443. The summed E-state index contributed by atoms with van der Waals surface area (Å²) in [5.74, 6) is 1.14. The van der Waals surface area contributed by atoms with Crippen LogP contribution in [0, 0.1) is 0 Å². The molecule has 0 bridgehead atoms. The number of ether oxygens (including phenoxy) is 1. The lowest BCUT2D eigenvalue weighted by atomic mass is 9.84. The van der Waals surface area contributed by atoms with E-state index >= 15 is 0 Å². The SMILES string of the molecule is CCCOC1(CNC(=NC)N2CCN(CC(=O)NC3CC3)CC2)CCCCC1.I. The van der Waals surface area contributed by atoms with E-state index in [1.807, 2.05) is 7.05 Å². The minimum absolute atomic E-state index is 0. The minimum Gasteiger partial charge on any atom is -0.373 e. The highest BCUT2D eigenvalue weighted by Crippen LogP contribution is 2.31. The highest BCUT2D eigenvalue weighted by Gasteiger charge is 2.33. The van der Waals surface area contributed by atoms with Gasteiger partial charge in [0.2, 0.25) is 5.91 Å². The standard InChI is InChI=1S/C21H39N5O2.HI/c1-3-15-28-21(9-5-4-6-10-21)17-23-20(22-2)26-13-11-25(12-14-26)16-19(27)24-18-7-8-18;/h18H,3-17H2,1-2H3,(H,22,23)(H,24,27);1H. The smallest absolute Gasteiger partial charge is 0.234 e. The molecule has 0 aromatic carbocycles. The Hall–Kier alpha value is -0.610. The highest BCUT2D eigenvalue weighted by atomic mass is 127. The van der Waals surface area contributed by atoms with Gasteiger partial charge >= 0.3 is 0 Å². The number of carbonyl (C=O) groups is 1. The second kappa shape index (κ2) is 12.3. The molecule has 1 aliphatic heterocycles. The largest absolute Gasteiger partial charge is 0.373 e. The highest BCUT2D eigenvalue weighted by molar-refractivity contribution is 14.0. The summed E-state index contributed by atoms with van der Waals surface area (Å²) in [4.78, 5) is 21.1. The van der Waals surface area contributed by atoms with Crippen molar-refractivity contribution in [3.05, 3.63) is 0 Å². The van der Waals surface area contributed by atoms with Crippen LogP contribution >= 0.6 is 24.0 Å². The van der Waals surface area contributed by atoms with Crippen molar-refractivity contribution in [1.29, 1.82) is 0 Å². The first-order chi connectivity index (χ1) is 13.6. The normalized spacial score (nSPS) is 22.7. The molecule has 2 aliphatic carbocycles. The van der Waals surface area contributed by atoms with E-state index in [2.05, 4.69) is 32.3 Å². The Balaban J connectivity index is 0.00000300. The van der Waals surface area contributed by atoms with Crippen LogP contribution in [0.15, 0.2) is 4.99 Å². The van der Waals surface area contributed by atoms with Crippen LogP contribution in [-0.4, -0.2) is 86.2 Å². The first-order valence-electron chi connectivity index (χ1n) is 11.3. The van der Waals surface area contributed by atoms with Crippen LogP contribution < -0.4 is 10.6 Å². The predicted molar refractivity (Wildman–Crippen MR) is 128 cm³/mol. The second-order valence-electron chi connectivity index (χ2n) is 8.60. The molecule has 3 aliphatic rings. The molecule has 8 heteroatoms. The van der Waals surface area contributed by atoms with Gasteiger partial charge in [-0.3, -0.25) is 14.7 Å². The van der Waals surface area contributed by atoms with Gasteiger partial charge in [0, 0.05) is 52.4 Å². The quantitative estimate of drug-likeness (QED) is 0.291. The van der Waals surface area contributed by atoms with Crippen LogP contribution in [0.5, 0.6) is 0 Å². The molecule has 0 atom stereocenters. The van der Waals surface area contributed by atoms with Crippen molar-refractivity contribution < 1.29 is 9.53 Å². The summed E-state index contributed by atoms with van der Waals surface area (Å²) in [5, 5.41) is 6.68. The van der Waals surface area contributed by atoms with E-state index in [4.69, 9.17) is 4.74 Å². The first kappa shape index (κ1) is 24.7. The maximum atomic E-state index is 12.0. The van der Waals surface area contributed by atoms with Crippen LogP contribution in [0.25, 0.3) is 0 Å². The maximum absolute atomic E-state index is 12.0. The number of hydrogen-bond acceptors (Lipinski definition) is 4. The van der Waals surface area contributed by atoms with Gasteiger partial charge < -0.3 is 20.3 Å². The fourth-order valence-electron chi connectivity index (χ4n) is 4.28. The number of nitrogens with one attached hydrogen (secondary N) is 2. The minimum atomic E-state index is -0.0348. The zero-order chi connectivity index (χ0) is 19.8. The van der Waals surface area contributed by atoms with E-state index in [0.717, 1.165) is 77.4 Å². The van der Waals surface area contributed by atoms with Gasteiger partial charge in [0.15, 0.2) is 5.96 Å². The van der Waals surface area contributed by atoms with Crippen LogP contribution in [0.4, 0.5) is 0 Å². The number of halogens is 1. The number of rotatable bonds is 8. The van der Waals surface area contributed by atoms with Gasteiger partial charge in [-0.2, -0.15) is 0 Å². The number of carbonyl (C=O) groups excluding carboxylic acids is 1. The van der Waals surface area contributed by atoms with E-state index in [-0.39, 0.29) is 35.5 Å². The fourth-order valence-corrected chi connectivity index (χ4v) is 4.28. The van der Waals surface area contributed by atoms with Crippen molar-refractivity contribution in [3.63, 3.8) is 0 Å². The molecule has 2 saturated carbocycles. The predicted octanol–water partition coefficient (Wildman–Crippen LogP) is 2.21. The van der Waals surface area contributed by atoms with Gasteiger partial charge in [-0.05, 0) is 32.1 Å². The van der Waals surface area contributed by atoms with Gasteiger partial charge in [0.25, 0.3) is 0 Å². The monoisotopic (exact) mass is 521 g/mol. The Morgan fingerprint density at radius 2 is 1.83 bits per heavy atom. The van der Waals surface area contributed by atoms with E-state index in [1.165, 1.54) is 19.3 Å². The molecule has 1 saturated heterocycles. The molecule has 3 rings (SSSR count). The summed E-state index contributed by atoms with van der Waals surface area (Å²) in [6.45, 7) is 7.97. The molecule has 1 amide bonds. The van der Waals surface area contributed by atoms with Crippen LogP contribution in [0.1, 0.15) is 58.3 Å². The average Bonchev–Trinajstić information content (AvgIpc) is 3.53.